The summed E-state index contributed by atoms with van der Waals surface area (Å²) in [5.74, 6) is -0.712. The molecule has 1 fully saturated rings. The summed E-state index contributed by atoms with van der Waals surface area (Å²) in [5, 5.41) is 10.1. The summed E-state index contributed by atoms with van der Waals surface area (Å²) in [6.07, 6.45) is 4.84. The number of likely N-dealkylation sites (tertiary alicyclic amines) is 1. The second-order valence-electron chi connectivity index (χ2n) is 5.41. The number of hydrogen-bond donors (Lipinski definition) is 1. The molecule has 1 aliphatic rings. The lowest BCUT2D eigenvalue weighted by Gasteiger charge is -2.32. The molecule has 0 amide bonds. The summed E-state index contributed by atoms with van der Waals surface area (Å²) in [6.45, 7) is 3.00. The van der Waals surface area contributed by atoms with Gasteiger partial charge in [0.05, 0.1) is 0 Å². The maximum Gasteiger partial charge on any atom is 0.320 e. The largest absolute Gasteiger partial charge is 0.480 e. The minimum atomic E-state index is -0.712. The van der Waals surface area contributed by atoms with Crippen LogP contribution in [0.15, 0.2) is 24.3 Å². The highest BCUT2D eigenvalue weighted by molar-refractivity contribution is 6.31. The molecule has 1 saturated heterocycles. The predicted octanol–water partition coefficient (Wildman–Crippen LogP) is 4.12. The van der Waals surface area contributed by atoms with E-state index in [0.717, 1.165) is 49.2 Å². The number of carboxylic acids is 1. The highest BCUT2D eigenvalue weighted by Gasteiger charge is 2.36. The lowest BCUT2D eigenvalue weighted by atomic mass is 9.98. The molecule has 110 valence electrons. The van der Waals surface area contributed by atoms with Gasteiger partial charge in [0.1, 0.15) is 6.04 Å². The van der Waals surface area contributed by atoms with Gasteiger partial charge in [0.2, 0.25) is 0 Å². The Bertz CT molecular complexity index is 464. The second-order valence-corrected chi connectivity index (χ2v) is 5.82. The van der Waals surface area contributed by atoms with Crippen LogP contribution in [0.3, 0.4) is 0 Å². The van der Waals surface area contributed by atoms with E-state index in [9.17, 15) is 9.90 Å². The van der Waals surface area contributed by atoms with E-state index in [-0.39, 0.29) is 12.1 Å². The minimum absolute atomic E-state index is 0.118. The molecular weight excluding hydrogens is 274 g/mol. The number of carboxylic acid groups (broad SMARTS) is 1. The third-order valence-corrected chi connectivity index (χ3v) is 4.42. The first kappa shape index (κ1) is 15.3. The van der Waals surface area contributed by atoms with E-state index in [2.05, 4.69) is 11.8 Å². The third-order valence-electron chi connectivity index (χ3n) is 4.07. The van der Waals surface area contributed by atoms with E-state index in [1.807, 2.05) is 24.3 Å². The Labute approximate surface area is 125 Å². The number of benzene rings is 1. The fraction of sp³-hybridized carbons (Fsp3) is 0.562. The Morgan fingerprint density at radius 1 is 1.50 bits per heavy atom. The number of nitrogens with zero attached hydrogens (tertiary/aromatic N) is 1. The summed E-state index contributed by atoms with van der Waals surface area (Å²) in [4.78, 5) is 13.6. The molecule has 1 aromatic rings. The van der Waals surface area contributed by atoms with Gasteiger partial charge in [-0.25, -0.2) is 0 Å². The third kappa shape index (κ3) is 3.33. The zero-order chi connectivity index (χ0) is 14.5. The van der Waals surface area contributed by atoms with Gasteiger partial charge in [-0.15, -0.1) is 0 Å². The van der Waals surface area contributed by atoms with Gasteiger partial charge >= 0.3 is 5.97 Å². The van der Waals surface area contributed by atoms with Gasteiger partial charge in [-0.2, -0.15) is 0 Å². The molecule has 1 N–H and O–H groups in total. The van der Waals surface area contributed by atoms with Crippen molar-refractivity contribution in [3.63, 3.8) is 0 Å². The number of aliphatic carboxylic acids is 1. The van der Waals surface area contributed by atoms with Crippen molar-refractivity contribution in [2.75, 3.05) is 6.54 Å². The minimum Gasteiger partial charge on any atom is -0.480 e. The lowest BCUT2D eigenvalue weighted by molar-refractivity contribution is -0.143. The smallest absolute Gasteiger partial charge is 0.320 e. The lowest BCUT2D eigenvalue weighted by Crippen LogP contribution is -2.38. The van der Waals surface area contributed by atoms with Crippen LogP contribution >= 0.6 is 11.6 Å². The Kier molecular flexibility index (Phi) is 5.44. The van der Waals surface area contributed by atoms with Crippen LogP contribution in [0.2, 0.25) is 5.02 Å². The van der Waals surface area contributed by atoms with Crippen molar-refractivity contribution >= 4 is 17.6 Å². The molecule has 0 radical (unpaired) electrons. The average Bonchev–Trinajstić information content (AvgIpc) is 2.90. The topological polar surface area (TPSA) is 40.5 Å². The fourth-order valence-electron chi connectivity index (χ4n) is 3.07. The highest BCUT2D eigenvalue weighted by Crippen LogP contribution is 2.36. The van der Waals surface area contributed by atoms with Crippen LogP contribution in [0.1, 0.15) is 50.6 Å². The number of carbonyl (C=O) groups is 1. The van der Waals surface area contributed by atoms with Gasteiger partial charge in [0, 0.05) is 11.1 Å². The maximum absolute atomic E-state index is 11.4. The van der Waals surface area contributed by atoms with Gasteiger partial charge in [-0.05, 0) is 37.4 Å². The number of unbranched alkanes of at least 4 members (excludes halogenated alkanes) is 1. The van der Waals surface area contributed by atoms with Crippen LogP contribution in [0.4, 0.5) is 0 Å². The fourth-order valence-corrected chi connectivity index (χ4v) is 3.33. The van der Waals surface area contributed by atoms with E-state index in [0.29, 0.717) is 0 Å². The summed E-state index contributed by atoms with van der Waals surface area (Å²) >= 11 is 6.33. The first-order valence-corrected chi connectivity index (χ1v) is 7.76. The number of rotatable bonds is 6. The molecule has 1 aliphatic heterocycles. The average molecular weight is 296 g/mol. The van der Waals surface area contributed by atoms with Crippen LogP contribution in [-0.4, -0.2) is 28.6 Å². The van der Waals surface area contributed by atoms with E-state index in [4.69, 9.17) is 11.6 Å². The van der Waals surface area contributed by atoms with Crippen LogP contribution in [0, 0.1) is 0 Å². The van der Waals surface area contributed by atoms with Gasteiger partial charge in [-0.1, -0.05) is 49.6 Å². The molecule has 1 aromatic carbocycles. The Balaban J connectivity index is 2.27. The molecule has 0 spiro atoms. The summed E-state index contributed by atoms with van der Waals surface area (Å²) < 4.78 is 0. The molecule has 2 atom stereocenters. The summed E-state index contributed by atoms with van der Waals surface area (Å²) in [7, 11) is 0. The molecule has 3 nitrogen and oxygen atoms in total. The van der Waals surface area contributed by atoms with E-state index >= 15 is 0 Å². The zero-order valence-corrected chi connectivity index (χ0v) is 12.6. The van der Waals surface area contributed by atoms with Gasteiger partial charge < -0.3 is 5.11 Å². The predicted molar refractivity (Wildman–Crippen MR) is 81.1 cm³/mol. The highest BCUT2D eigenvalue weighted by atomic mass is 35.5. The summed E-state index contributed by atoms with van der Waals surface area (Å²) in [5.41, 5.74) is 1.07. The van der Waals surface area contributed by atoms with Crippen molar-refractivity contribution < 1.29 is 9.90 Å². The first-order valence-electron chi connectivity index (χ1n) is 7.38. The van der Waals surface area contributed by atoms with Crippen LogP contribution in [0.5, 0.6) is 0 Å². The van der Waals surface area contributed by atoms with E-state index in [1.165, 1.54) is 0 Å². The molecule has 2 rings (SSSR count). The molecule has 2 unspecified atom stereocenters. The van der Waals surface area contributed by atoms with E-state index < -0.39 is 5.97 Å². The van der Waals surface area contributed by atoms with Crippen LogP contribution in [0.25, 0.3) is 0 Å². The SMILES string of the molecule is CCCCC(c1ccccc1Cl)N1CCCC1C(=O)O. The first-order chi connectivity index (χ1) is 9.65. The quantitative estimate of drug-likeness (QED) is 0.858. The molecule has 0 aromatic heterocycles. The van der Waals surface area contributed by atoms with Crippen LogP contribution in [-0.2, 0) is 4.79 Å². The Hall–Kier alpha value is -1.06. The number of hydrogen-bond acceptors (Lipinski definition) is 2. The standard InChI is InChI=1S/C16H22ClNO2/c1-2-3-9-14(12-7-4-5-8-13(12)17)18-11-6-10-15(18)16(19)20/h4-5,7-8,14-15H,2-3,6,9-11H2,1H3,(H,19,20). The van der Waals surface area contributed by atoms with Crippen molar-refractivity contribution in [1.82, 2.24) is 4.90 Å². The molecule has 0 aliphatic carbocycles. The van der Waals surface area contributed by atoms with Crippen molar-refractivity contribution in [1.29, 1.82) is 0 Å². The van der Waals surface area contributed by atoms with Crippen molar-refractivity contribution in [3.05, 3.63) is 34.9 Å². The van der Waals surface area contributed by atoms with Gasteiger partial charge in [-0.3, -0.25) is 9.69 Å². The van der Waals surface area contributed by atoms with Crippen molar-refractivity contribution in [2.45, 2.75) is 51.1 Å². The normalized spacial score (nSPS) is 21.0. The molecule has 1 heterocycles. The Morgan fingerprint density at radius 2 is 2.25 bits per heavy atom. The molecule has 4 heteroatoms. The second kappa shape index (κ2) is 7.09. The molecule has 0 saturated carbocycles. The Morgan fingerprint density at radius 3 is 2.90 bits per heavy atom. The summed E-state index contributed by atoms with van der Waals surface area (Å²) in [6, 6.07) is 7.56. The van der Waals surface area contributed by atoms with E-state index in [1.54, 1.807) is 0 Å². The number of halogens is 1. The molecule has 0 bridgehead atoms. The maximum atomic E-state index is 11.4. The monoisotopic (exact) mass is 295 g/mol. The van der Waals surface area contributed by atoms with Gasteiger partial charge in [0.15, 0.2) is 0 Å². The molecule has 20 heavy (non-hydrogen) atoms. The molecular formula is C16H22ClNO2. The van der Waals surface area contributed by atoms with Crippen molar-refractivity contribution in [3.8, 4) is 0 Å². The van der Waals surface area contributed by atoms with Crippen molar-refractivity contribution in [2.24, 2.45) is 0 Å². The van der Waals surface area contributed by atoms with Crippen LogP contribution < -0.4 is 0 Å². The van der Waals surface area contributed by atoms with Gasteiger partial charge in [0.25, 0.3) is 0 Å². The zero-order valence-electron chi connectivity index (χ0n) is 11.9.